The van der Waals surface area contributed by atoms with Crippen molar-refractivity contribution in [3.05, 3.63) is 53.6 Å². The Labute approximate surface area is 174 Å². The fourth-order valence-electron chi connectivity index (χ4n) is 3.32. The lowest BCUT2D eigenvalue weighted by Gasteiger charge is -2.07. The van der Waals surface area contributed by atoms with E-state index in [1.165, 1.54) is 28.7 Å². The minimum Gasteiger partial charge on any atom is -0.361 e. The summed E-state index contributed by atoms with van der Waals surface area (Å²) in [4.78, 5) is 9.47. The van der Waals surface area contributed by atoms with Gasteiger partial charge in [0.25, 0.3) is 0 Å². The maximum Gasteiger partial charge on any atom is 0.183 e. The molecule has 2 N–H and O–H groups in total. The number of anilines is 2. The zero-order valence-electron chi connectivity index (χ0n) is 16.4. The Morgan fingerprint density at radius 3 is 2.79 bits per heavy atom. The third kappa shape index (κ3) is 4.67. The number of nitrogens with zero attached hydrogens (tertiary/aromatic N) is 2. The molecule has 1 aliphatic heterocycles. The molecule has 0 saturated carbocycles. The number of para-hydroxylation sites is 1. The molecule has 0 aliphatic carbocycles. The van der Waals surface area contributed by atoms with Crippen molar-refractivity contribution in [1.82, 2.24) is 4.98 Å². The first-order valence-corrected chi connectivity index (χ1v) is 11.7. The van der Waals surface area contributed by atoms with Crippen molar-refractivity contribution in [2.24, 2.45) is 4.99 Å². The molecule has 0 amide bonds. The van der Waals surface area contributed by atoms with Crippen LogP contribution >= 0.6 is 23.1 Å². The lowest BCUT2D eigenvalue weighted by Crippen LogP contribution is -2.06. The van der Waals surface area contributed by atoms with Gasteiger partial charge in [-0.05, 0) is 49.1 Å². The van der Waals surface area contributed by atoms with E-state index in [0.717, 1.165) is 40.2 Å². The molecule has 4 rings (SSSR count). The summed E-state index contributed by atoms with van der Waals surface area (Å²) in [6, 6.07) is 15.5. The van der Waals surface area contributed by atoms with Gasteiger partial charge >= 0.3 is 0 Å². The predicted molar refractivity (Wildman–Crippen MR) is 125 cm³/mol. The second kappa shape index (κ2) is 8.97. The molecule has 6 heteroatoms. The Morgan fingerprint density at radius 2 is 2.00 bits per heavy atom. The number of nitrogens with one attached hydrogen (secondary N) is 2. The molecule has 2 aromatic carbocycles. The average Bonchev–Trinajstić information content (AvgIpc) is 3.31. The smallest absolute Gasteiger partial charge is 0.183 e. The Balaban J connectivity index is 1.28. The van der Waals surface area contributed by atoms with E-state index in [0.29, 0.717) is 6.04 Å². The largest absolute Gasteiger partial charge is 0.361 e. The van der Waals surface area contributed by atoms with Crippen LogP contribution in [0, 0.1) is 6.92 Å². The molecular formula is C22H26N4S2. The first-order valence-electron chi connectivity index (χ1n) is 9.88. The Kier molecular flexibility index (Phi) is 6.17. The van der Waals surface area contributed by atoms with Crippen LogP contribution in [0.3, 0.4) is 0 Å². The van der Waals surface area contributed by atoms with Crippen molar-refractivity contribution in [3.63, 3.8) is 0 Å². The van der Waals surface area contributed by atoms with Gasteiger partial charge in [-0.25, -0.2) is 4.98 Å². The lowest BCUT2D eigenvalue weighted by molar-refractivity contribution is 0.670. The maximum atomic E-state index is 4.76. The zero-order valence-corrected chi connectivity index (χ0v) is 18.0. The van der Waals surface area contributed by atoms with Crippen LogP contribution in [0.4, 0.5) is 10.8 Å². The fraction of sp³-hybridized carbons (Fsp3) is 0.364. The predicted octanol–water partition coefficient (Wildman–Crippen LogP) is 5.94. The molecule has 0 radical (unpaired) electrons. The molecule has 1 unspecified atom stereocenters. The van der Waals surface area contributed by atoms with Gasteiger partial charge in [-0.15, -0.1) is 0 Å². The summed E-state index contributed by atoms with van der Waals surface area (Å²) in [5.74, 6) is 1.10. The first-order chi connectivity index (χ1) is 13.7. The second-order valence-electron chi connectivity index (χ2n) is 7.13. The van der Waals surface area contributed by atoms with Crippen molar-refractivity contribution in [3.8, 4) is 0 Å². The van der Waals surface area contributed by atoms with Gasteiger partial charge in [0.2, 0.25) is 0 Å². The number of aromatic nitrogens is 1. The van der Waals surface area contributed by atoms with Crippen LogP contribution in [-0.2, 0) is 6.42 Å². The number of aryl methyl sites for hydroxylation is 1. The molecule has 2 heterocycles. The van der Waals surface area contributed by atoms with Crippen LogP contribution in [0.5, 0.6) is 0 Å². The number of amidine groups is 1. The van der Waals surface area contributed by atoms with Crippen LogP contribution in [0.2, 0.25) is 0 Å². The second-order valence-corrected chi connectivity index (χ2v) is 9.17. The summed E-state index contributed by atoms with van der Waals surface area (Å²) in [7, 11) is 0. The molecule has 0 bridgehead atoms. The number of aliphatic imine (C=N–C) groups is 1. The van der Waals surface area contributed by atoms with Gasteiger partial charge in [-0.3, -0.25) is 4.99 Å². The van der Waals surface area contributed by atoms with Crippen LogP contribution in [-0.4, -0.2) is 28.5 Å². The molecule has 0 saturated heterocycles. The molecule has 0 spiro atoms. The molecule has 4 nitrogen and oxygen atoms in total. The highest BCUT2D eigenvalue weighted by Gasteiger charge is 2.17. The molecule has 28 heavy (non-hydrogen) atoms. The topological polar surface area (TPSA) is 49.3 Å². The van der Waals surface area contributed by atoms with Gasteiger partial charge in [-0.1, -0.05) is 60.7 Å². The molecule has 0 fully saturated rings. The summed E-state index contributed by atoms with van der Waals surface area (Å²) in [6.45, 7) is 5.21. The summed E-state index contributed by atoms with van der Waals surface area (Å²) >= 11 is 3.55. The van der Waals surface area contributed by atoms with Gasteiger partial charge in [0.15, 0.2) is 10.3 Å². The highest BCUT2D eigenvalue weighted by atomic mass is 32.2. The standard InChI is InChI=1S/C22H26N4S2/c1-3-5-18-14-27-22(25-18)24-17-10-8-16(9-11-17)12-13-23-21-26-20-15(2)6-4-7-19(20)28-21/h4,6-11,18H,3,5,12-14H2,1-2H3,(H,23,26)(H,24,25). The van der Waals surface area contributed by atoms with Gasteiger partial charge in [-0.2, -0.15) is 0 Å². The van der Waals surface area contributed by atoms with Crippen LogP contribution in [0.1, 0.15) is 30.9 Å². The van der Waals surface area contributed by atoms with Crippen molar-refractivity contribution >= 4 is 49.3 Å². The van der Waals surface area contributed by atoms with E-state index < -0.39 is 0 Å². The third-order valence-corrected chi connectivity index (χ3v) is 6.86. The van der Waals surface area contributed by atoms with E-state index in [9.17, 15) is 0 Å². The van der Waals surface area contributed by atoms with E-state index >= 15 is 0 Å². The molecule has 146 valence electrons. The minimum absolute atomic E-state index is 0.481. The normalized spacial score (nSPS) is 16.4. The summed E-state index contributed by atoms with van der Waals surface area (Å²) in [6.07, 6.45) is 3.35. The van der Waals surface area contributed by atoms with Crippen LogP contribution in [0.15, 0.2) is 47.5 Å². The van der Waals surface area contributed by atoms with E-state index in [-0.39, 0.29) is 0 Å². The van der Waals surface area contributed by atoms with E-state index in [1.54, 1.807) is 11.3 Å². The van der Waals surface area contributed by atoms with Crippen molar-refractivity contribution in [2.75, 3.05) is 22.9 Å². The number of fused-ring (bicyclic) bond motifs is 1. The molecule has 3 aromatic rings. The van der Waals surface area contributed by atoms with Crippen LogP contribution < -0.4 is 10.6 Å². The number of hydrogen-bond acceptors (Lipinski definition) is 6. The van der Waals surface area contributed by atoms with Gasteiger partial charge in [0.05, 0.1) is 16.3 Å². The lowest BCUT2D eigenvalue weighted by atomic mass is 10.1. The van der Waals surface area contributed by atoms with Gasteiger partial charge < -0.3 is 10.6 Å². The third-order valence-electron chi connectivity index (χ3n) is 4.85. The average molecular weight is 411 g/mol. The van der Waals surface area contributed by atoms with E-state index in [1.807, 2.05) is 11.8 Å². The van der Waals surface area contributed by atoms with Crippen molar-refractivity contribution in [2.45, 2.75) is 39.2 Å². The summed E-state index contributed by atoms with van der Waals surface area (Å²) in [5, 5.41) is 8.97. The zero-order chi connectivity index (χ0) is 19.3. The number of thioether (sulfide) groups is 1. The van der Waals surface area contributed by atoms with Crippen LogP contribution in [0.25, 0.3) is 10.2 Å². The highest BCUT2D eigenvalue weighted by molar-refractivity contribution is 8.14. The Hall–Kier alpha value is -2.05. The Bertz CT molecular complexity index is 962. The quantitative estimate of drug-likeness (QED) is 0.506. The van der Waals surface area contributed by atoms with E-state index in [2.05, 4.69) is 66.9 Å². The minimum atomic E-state index is 0.481. The summed E-state index contributed by atoms with van der Waals surface area (Å²) < 4.78 is 1.24. The number of rotatable bonds is 7. The highest BCUT2D eigenvalue weighted by Crippen LogP contribution is 2.28. The molecule has 1 atom stereocenters. The molecule has 1 aliphatic rings. The first kappa shape index (κ1) is 19.3. The van der Waals surface area contributed by atoms with Gasteiger partial charge in [0, 0.05) is 18.0 Å². The molecule has 1 aromatic heterocycles. The van der Waals surface area contributed by atoms with Crippen molar-refractivity contribution in [1.29, 1.82) is 0 Å². The van der Waals surface area contributed by atoms with Crippen molar-refractivity contribution < 1.29 is 0 Å². The Morgan fingerprint density at radius 1 is 1.14 bits per heavy atom. The van der Waals surface area contributed by atoms with Gasteiger partial charge in [0.1, 0.15) is 0 Å². The van der Waals surface area contributed by atoms with E-state index in [4.69, 9.17) is 9.98 Å². The maximum absolute atomic E-state index is 4.76. The number of hydrogen-bond donors (Lipinski definition) is 2. The monoisotopic (exact) mass is 410 g/mol. The number of thiazole rings is 1. The SMILES string of the molecule is CCCC1CSC(Nc2ccc(CCNc3nc4c(C)cccc4s3)cc2)=N1. The fourth-order valence-corrected chi connectivity index (χ4v) is 5.29. The number of benzene rings is 2. The summed E-state index contributed by atoms with van der Waals surface area (Å²) in [5.41, 5.74) is 4.78. The molecular weight excluding hydrogens is 384 g/mol.